The molecule has 1 heterocycles. The third-order valence-corrected chi connectivity index (χ3v) is 4.51. The molecule has 0 amide bonds. The standard InChI is InChI=1S/C18H29NO4/c1-21-16-9-8-14(17(22-2)18(16)23-3)15(20)10-13-19-11-6-4-5-7-12-19/h8-9,15,20H,4-7,10-13H2,1-3H3. The first kappa shape index (κ1) is 17.9. The lowest BCUT2D eigenvalue weighted by Crippen LogP contribution is -2.27. The predicted molar refractivity (Wildman–Crippen MR) is 90.6 cm³/mol. The van der Waals surface area contributed by atoms with Gasteiger partial charge in [-0.3, -0.25) is 0 Å². The van der Waals surface area contributed by atoms with Crippen LogP contribution in [0.4, 0.5) is 0 Å². The topological polar surface area (TPSA) is 51.2 Å². The Morgan fingerprint density at radius 2 is 1.61 bits per heavy atom. The van der Waals surface area contributed by atoms with Crippen molar-refractivity contribution in [3.63, 3.8) is 0 Å². The average Bonchev–Trinajstić information content (AvgIpc) is 2.86. The maximum atomic E-state index is 10.6. The number of hydrogen-bond donors (Lipinski definition) is 1. The van der Waals surface area contributed by atoms with Crippen molar-refractivity contribution in [1.82, 2.24) is 4.90 Å². The highest BCUT2D eigenvalue weighted by Crippen LogP contribution is 2.42. The summed E-state index contributed by atoms with van der Waals surface area (Å²) in [5.74, 6) is 1.68. The second-order valence-electron chi connectivity index (χ2n) is 5.98. The fourth-order valence-electron chi connectivity index (χ4n) is 3.21. The SMILES string of the molecule is COc1ccc(C(O)CCN2CCCCCC2)c(OC)c1OC. The van der Waals surface area contributed by atoms with Crippen molar-refractivity contribution >= 4 is 0 Å². The zero-order valence-corrected chi connectivity index (χ0v) is 14.5. The van der Waals surface area contributed by atoms with Gasteiger partial charge in [0.15, 0.2) is 11.5 Å². The Balaban J connectivity index is 2.07. The van der Waals surface area contributed by atoms with Crippen LogP contribution >= 0.6 is 0 Å². The number of aliphatic hydroxyl groups is 1. The van der Waals surface area contributed by atoms with Gasteiger partial charge in [-0.05, 0) is 44.5 Å². The van der Waals surface area contributed by atoms with Crippen molar-refractivity contribution in [2.24, 2.45) is 0 Å². The number of rotatable bonds is 7. The maximum Gasteiger partial charge on any atom is 0.203 e. The van der Waals surface area contributed by atoms with Gasteiger partial charge in [0.05, 0.1) is 27.4 Å². The molecule has 1 atom stereocenters. The maximum absolute atomic E-state index is 10.6. The molecule has 1 saturated heterocycles. The summed E-state index contributed by atoms with van der Waals surface area (Å²) in [6, 6.07) is 3.67. The van der Waals surface area contributed by atoms with Gasteiger partial charge in [-0.15, -0.1) is 0 Å². The van der Waals surface area contributed by atoms with Gasteiger partial charge in [0, 0.05) is 12.1 Å². The molecule has 0 spiro atoms. The summed E-state index contributed by atoms with van der Waals surface area (Å²) >= 11 is 0. The minimum absolute atomic E-state index is 0.529. The number of aliphatic hydroxyl groups excluding tert-OH is 1. The molecule has 5 heteroatoms. The van der Waals surface area contributed by atoms with Crippen LogP contribution in [0, 0.1) is 0 Å². The van der Waals surface area contributed by atoms with E-state index in [9.17, 15) is 5.11 Å². The van der Waals surface area contributed by atoms with Gasteiger partial charge < -0.3 is 24.2 Å². The number of benzene rings is 1. The van der Waals surface area contributed by atoms with E-state index in [1.807, 2.05) is 12.1 Å². The van der Waals surface area contributed by atoms with E-state index in [4.69, 9.17) is 14.2 Å². The van der Waals surface area contributed by atoms with Crippen LogP contribution in [0.2, 0.25) is 0 Å². The first-order valence-electron chi connectivity index (χ1n) is 8.40. The Labute approximate surface area is 139 Å². The summed E-state index contributed by atoms with van der Waals surface area (Å²) in [6.45, 7) is 3.17. The summed E-state index contributed by atoms with van der Waals surface area (Å²) in [7, 11) is 4.75. The van der Waals surface area contributed by atoms with E-state index < -0.39 is 6.10 Å². The molecule has 23 heavy (non-hydrogen) atoms. The van der Waals surface area contributed by atoms with Crippen LogP contribution < -0.4 is 14.2 Å². The Kier molecular flexibility index (Phi) is 6.99. The van der Waals surface area contributed by atoms with E-state index in [0.29, 0.717) is 23.7 Å². The van der Waals surface area contributed by atoms with Crippen molar-refractivity contribution in [3.05, 3.63) is 17.7 Å². The molecule has 5 nitrogen and oxygen atoms in total. The summed E-state index contributed by atoms with van der Waals surface area (Å²) in [4.78, 5) is 2.45. The van der Waals surface area contributed by atoms with Gasteiger partial charge in [-0.25, -0.2) is 0 Å². The smallest absolute Gasteiger partial charge is 0.203 e. The number of methoxy groups -OCH3 is 3. The lowest BCUT2D eigenvalue weighted by molar-refractivity contribution is 0.139. The monoisotopic (exact) mass is 323 g/mol. The third-order valence-electron chi connectivity index (χ3n) is 4.51. The molecular formula is C18H29NO4. The van der Waals surface area contributed by atoms with Gasteiger partial charge in [0.25, 0.3) is 0 Å². The number of ether oxygens (including phenoxy) is 3. The first-order chi connectivity index (χ1) is 11.2. The molecule has 130 valence electrons. The lowest BCUT2D eigenvalue weighted by atomic mass is 10.0. The normalized spacial score (nSPS) is 17.4. The molecule has 1 aliphatic heterocycles. The highest BCUT2D eigenvalue weighted by molar-refractivity contribution is 5.56. The van der Waals surface area contributed by atoms with Crippen LogP contribution in [0.5, 0.6) is 17.2 Å². The fourth-order valence-corrected chi connectivity index (χ4v) is 3.21. The van der Waals surface area contributed by atoms with E-state index in [1.165, 1.54) is 25.7 Å². The van der Waals surface area contributed by atoms with Crippen LogP contribution in [0.1, 0.15) is 43.8 Å². The molecule has 1 fully saturated rings. The van der Waals surface area contributed by atoms with Gasteiger partial charge in [-0.1, -0.05) is 12.8 Å². The minimum atomic E-state index is -0.576. The van der Waals surface area contributed by atoms with Crippen LogP contribution in [0.15, 0.2) is 12.1 Å². The predicted octanol–water partition coefficient (Wildman–Crippen LogP) is 3.01. The van der Waals surface area contributed by atoms with Crippen molar-refractivity contribution in [2.75, 3.05) is 41.0 Å². The molecule has 1 N–H and O–H groups in total. The van der Waals surface area contributed by atoms with Crippen molar-refractivity contribution in [2.45, 2.75) is 38.2 Å². The highest BCUT2D eigenvalue weighted by Gasteiger charge is 2.21. The molecular weight excluding hydrogens is 294 g/mol. The second-order valence-corrected chi connectivity index (χ2v) is 5.98. The molecule has 0 aliphatic carbocycles. The summed E-state index contributed by atoms with van der Waals surface area (Å²) < 4.78 is 16.1. The Hall–Kier alpha value is -1.46. The Morgan fingerprint density at radius 1 is 0.957 bits per heavy atom. The summed E-state index contributed by atoms with van der Waals surface area (Å²) in [5, 5.41) is 10.6. The quantitative estimate of drug-likeness (QED) is 0.836. The van der Waals surface area contributed by atoms with Crippen molar-refractivity contribution < 1.29 is 19.3 Å². The zero-order valence-electron chi connectivity index (χ0n) is 14.5. The zero-order chi connectivity index (χ0) is 16.7. The Morgan fingerprint density at radius 3 is 2.17 bits per heavy atom. The number of hydrogen-bond acceptors (Lipinski definition) is 5. The number of nitrogens with zero attached hydrogens (tertiary/aromatic N) is 1. The molecule has 1 aromatic carbocycles. The van der Waals surface area contributed by atoms with Gasteiger partial charge in [0.2, 0.25) is 5.75 Å². The van der Waals surface area contributed by atoms with Gasteiger partial charge >= 0.3 is 0 Å². The van der Waals surface area contributed by atoms with E-state index in [-0.39, 0.29) is 0 Å². The molecule has 0 bridgehead atoms. The van der Waals surface area contributed by atoms with Crippen LogP contribution in [-0.4, -0.2) is 51.0 Å². The molecule has 0 aromatic heterocycles. The van der Waals surface area contributed by atoms with Crippen molar-refractivity contribution in [1.29, 1.82) is 0 Å². The lowest BCUT2D eigenvalue weighted by Gasteiger charge is -2.23. The van der Waals surface area contributed by atoms with E-state index in [2.05, 4.69) is 4.90 Å². The molecule has 0 radical (unpaired) electrons. The van der Waals surface area contributed by atoms with E-state index in [1.54, 1.807) is 21.3 Å². The van der Waals surface area contributed by atoms with E-state index in [0.717, 1.165) is 25.2 Å². The summed E-state index contributed by atoms with van der Waals surface area (Å²) in [5.41, 5.74) is 0.750. The van der Waals surface area contributed by atoms with Gasteiger partial charge in [-0.2, -0.15) is 0 Å². The highest BCUT2D eigenvalue weighted by atomic mass is 16.5. The minimum Gasteiger partial charge on any atom is -0.493 e. The van der Waals surface area contributed by atoms with Crippen LogP contribution in [0.25, 0.3) is 0 Å². The molecule has 1 aromatic rings. The van der Waals surface area contributed by atoms with E-state index >= 15 is 0 Å². The molecule has 0 saturated carbocycles. The van der Waals surface area contributed by atoms with Crippen molar-refractivity contribution in [3.8, 4) is 17.2 Å². The van der Waals surface area contributed by atoms with Crippen LogP contribution in [0.3, 0.4) is 0 Å². The van der Waals surface area contributed by atoms with Crippen LogP contribution in [-0.2, 0) is 0 Å². The molecule has 2 rings (SSSR count). The fraction of sp³-hybridized carbons (Fsp3) is 0.667. The summed E-state index contributed by atoms with van der Waals surface area (Å²) in [6.07, 6.45) is 5.27. The average molecular weight is 323 g/mol. The largest absolute Gasteiger partial charge is 0.493 e. The van der Waals surface area contributed by atoms with Gasteiger partial charge in [0.1, 0.15) is 0 Å². The number of likely N-dealkylation sites (tertiary alicyclic amines) is 1. The molecule has 1 aliphatic rings. The second kappa shape index (κ2) is 8.99. The Bertz CT molecular complexity index is 484. The first-order valence-corrected chi connectivity index (χ1v) is 8.40. The molecule has 1 unspecified atom stereocenters. The third kappa shape index (κ3) is 4.52.